The molecule has 0 aliphatic heterocycles. The number of para-hydroxylation sites is 2. The molecule has 0 saturated heterocycles. The monoisotopic (exact) mass is 266 g/mol. The average molecular weight is 266 g/mol. The van der Waals surface area contributed by atoms with E-state index < -0.39 is 0 Å². The second-order valence-corrected chi connectivity index (χ2v) is 4.25. The predicted molar refractivity (Wildman–Crippen MR) is 76.6 cm³/mol. The van der Waals surface area contributed by atoms with E-state index in [1.54, 1.807) is 6.07 Å². The second kappa shape index (κ2) is 6.39. The minimum absolute atomic E-state index is 0.182. The van der Waals surface area contributed by atoms with Gasteiger partial charge in [-0.1, -0.05) is 30.3 Å². The fourth-order valence-corrected chi connectivity index (χ4v) is 1.76. The van der Waals surface area contributed by atoms with Crippen LogP contribution in [-0.2, 0) is 4.79 Å². The van der Waals surface area contributed by atoms with Crippen LogP contribution in [-0.4, -0.2) is 5.91 Å². The maximum absolute atomic E-state index is 11.5. The van der Waals surface area contributed by atoms with Crippen molar-refractivity contribution in [2.24, 2.45) is 0 Å². The third kappa shape index (κ3) is 3.36. The molecule has 0 heterocycles. The summed E-state index contributed by atoms with van der Waals surface area (Å²) >= 11 is 0. The standard InChI is InChI=1S/C16H14N2O2/c1-12-6-5-9-14(18-15(19)10-11-17)16(12)20-13-7-3-2-4-8-13/h2-9H,10H2,1H3,(H,18,19). The molecular formula is C16H14N2O2. The van der Waals surface area contributed by atoms with Crippen LogP contribution in [0.2, 0.25) is 0 Å². The van der Waals surface area contributed by atoms with Gasteiger partial charge in [0.1, 0.15) is 12.2 Å². The topological polar surface area (TPSA) is 62.1 Å². The van der Waals surface area contributed by atoms with Gasteiger partial charge in [0.25, 0.3) is 0 Å². The minimum Gasteiger partial charge on any atom is -0.455 e. The highest BCUT2D eigenvalue weighted by Crippen LogP contribution is 2.32. The van der Waals surface area contributed by atoms with Gasteiger partial charge in [-0.25, -0.2) is 0 Å². The van der Waals surface area contributed by atoms with Gasteiger partial charge in [0, 0.05) is 0 Å². The number of benzene rings is 2. The van der Waals surface area contributed by atoms with Crippen LogP contribution in [0.15, 0.2) is 48.5 Å². The van der Waals surface area contributed by atoms with E-state index in [4.69, 9.17) is 10.00 Å². The first-order chi connectivity index (χ1) is 9.70. The lowest BCUT2D eigenvalue weighted by Crippen LogP contribution is -2.11. The Morgan fingerprint density at radius 1 is 1.20 bits per heavy atom. The maximum atomic E-state index is 11.5. The van der Waals surface area contributed by atoms with Gasteiger partial charge in [-0.05, 0) is 30.7 Å². The van der Waals surface area contributed by atoms with E-state index in [1.165, 1.54) is 0 Å². The molecule has 4 nitrogen and oxygen atoms in total. The summed E-state index contributed by atoms with van der Waals surface area (Å²) in [6, 6.07) is 16.6. The number of amides is 1. The fraction of sp³-hybridized carbons (Fsp3) is 0.125. The molecule has 0 aliphatic rings. The number of nitrogens with one attached hydrogen (secondary N) is 1. The smallest absolute Gasteiger partial charge is 0.238 e. The van der Waals surface area contributed by atoms with Gasteiger partial charge in [-0.2, -0.15) is 5.26 Å². The average Bonchev–Trinajstić information content (AvgIpc) is 2.44. The zero-order valence-electron chi connectivity index (χ0n) is 11.1. The molecule has 2 aromatic rings. The molecule has 4 heteroatoms. The molecule has 0 bridgehead atoms. The molecule has 2 aromatic carbocycles. The van der Waals surface area contributed by atoms with Crippen LogP contribution in [0, 0.1) is 18.3 Å². The molecule has 0 unspecified atom stereocenters. The molecule has 1 N–H and O–H groups in total. The maximum Gasteiger partial charge on any atom is 0.238 e. The predicted octanol–water partition coefficient (Wildman–Crippen LogP) is 3.64. The summed E-state index contributed by atoms with van der Waals surface area (Å²) < 4.78 is 5.82. The van der Waals surface area contributed by atoms with Crippen molar-refractivity contribution in [3.63, 3.8) is 0 Å². The molecule has 0 saturated carbocycles. The molecule has 0 aromatic heterocycles. The SMILES string of the molecule is Cc1cccc(NC(=O)CC#N)c1Oc1ccccc1. The Labute approximate surface area is 117 Å². The summed E-state index contributed by atoms with van der Waals surface area (Å²) in [5, 5.41) is 11.2. The fourth-order valence-electron chi connectivity index (χ4n) is 1.76. The molecule has 0 spiro atoms. The molecule has 20 heavy (non-hydrogen) atoms. The Bertz CT molecular complexity index is 645. The van der Waals surface area contributed by atoms with E-state index in [2.05, 4.69) is 5.32 Å². The summed E-state index contributed by atoms with van der Waals surface area (Å²) in [6.45, 7) is 1.90. The summed E-state index contributed by atoms with van der Waals surface area (Å²) in [5.41, 5.74) is 1.47. The lowest BCUT2D eigenvalue weighted by molar-refractivity contribution is -0.115. The van der Waals surface area contributed by atoms with Crippen molar-refractivity contribution in [2.75, 3.05) is 5.32 Å². The Hall–Kier alpha value is -2.80. The third-order valence-corrected chi connectivity index (χ3v) is 2.69. The van der Waals surface area contributed by atoms with Crippen molar-refractivity contribution in [3.05, 3.63) is 54.1 Å². The molecule has 100 valence electrons. The van der Waals surface area contributed by atoms with Gasteiger partial charge in [0.2, 0.25) is 5.91 Å². The molecule has 2 rings (SSSR count). The number of anilines is 1. The van der Waals surface area contributed by atoms with Gasteiger partial charge in [0.15, 0.2) is 5.75 Å². The van der Waals surface area contributed by atoms with E-state index in [1.807, 2.05) is 55.5 Å². The van der Waals surface area contributed by atoms with Crippen molar-refractivity contribution in [2.45, 2.75) is 13.3 Å². The van der Waals surface area contributed by atoms with Gasteiger partial charge in [-0.15, -0.1) is 0 Å². The van der Waals surface area contributed by atoms with Crippen LogP contribution >= 0.6 is 0 Å². The van der Waals surface area contributed by atoms with Crippen molar-refractivity contribution in [3.8, 4) is 17.6 Å². The quantitative estimate of drug-likeness (QED) is 0.918. The van der Waals surface area contributed by atoms with E-state index >= 15 is 0 Å². The third-order valence-electron chi connectivity index (χ3n) is 2.69. The number of carbonyl (C=O) groups is 1. The van der Waals surface area contributed by atoms with Gasteiger partial charge in [-0.3, -0.25) is 4.79 Å². The molecule has 0 atom stereocenters. The van der Waals surface area contributed by atoms with E-state index in [0.717, 1.165) is 5.56 Å². The Kier molecular flexibility index (Phi) is 4.35. The van der Waals surface area contributed by atoms with Crippen molar-refractivity contribution in [1.82, 2.24) is 0 Å². The van der Waals surface area contributed by atoms with Crippen LogP contribution in [0.25, 0.3) is 0 Å². The van der Waals surface area contributed by atoms with Crippen LogP contribution in [0.5, 0.6) is 11.5 Å². The normalized spacial score (nSPS) is 9.60. The number of nitriles is 1. The first-order valence-corrected chi connectivity index (χ1v) is 6.20. The van der Waals surface area contributed by atoms with Crippen molar-refractivity contribution >= 4 is 11.6 Å². The highest BCUT2D eigenvalue weighted by Gasteiger charge is 2.10. The van der Waals surface area contributed by atoms with Crippen LogP contribution in [0.4, 0.5) is 5.69 Å². The minimum atomic E-state index is -0.351. The summed E-state index contributed by atoms with van der Waals surface area (Å²) in [7, 11) is 0. The Morgan fingerprint density at radius 3 is 2.65 bits per heavy atom. The van der Waals surface area contributed by atoms with Crippen molar-refractivity contribution < 1.29 is 9.53 Å². The Balaban J connectivity index is 2.27. The van der Waals surface area contributed by atoms with Crippen LogP contribution < -0.4 is 10.1 Å². The van der Waals surface area contributed by atoms with Gasteiger partial charge in [0.05, 0.1) is 11.8 Å². The largest absolute Gasteiger partial charge is 0.455 e. The number of hydrogen-bond acceptors (Lipinski definition) is 3. The number of aryl methyl sites for hydroxylation is 1. The van der Waals surface area contributed by atoms with Crippen LogP contribution in [0.1, 0.15) is 12.0 Å². The number of hydrogen-bond donors (Lipinski definition) is 1. The van der Waals surface area contributed by atoms with E-state index in [0.29, 0.717) is 17.2 Å². The zero-order chi connectivity index (χ0) is 14.4. The first-order valence-electron chi connectivity index (χ1n) is 6.20. The van der Waals surface area contributed by atoms with E-state index in [9.17, 15) is 4.79 Å². The number of carbonyl (C=O) groups excluding carboxylic acids is 1. The van der Waals surface area contributed by atoms with E-state index in [-0.39, 0.29) is 12.3 Å². The number of nitrogens with zero attached hydrogens (tertiary/aromatic N) is 1. The highest BCUT2D eigenvalue weighted by atomic mass is 16.5. The Morgan fingerprint density at radius 2 is 1.95 bits per heavy atom. The molecule has 1 amide bonds. The zero-order valence-corrected chi connectivity index (χ0v) is 11.1. The highest BCUT2D eigenvalue weighted by molar-refractivity contribution is 5.93. The number of rotatable bonds is 4. The molecule has 0 aliphatic carbocycles. The summed E-state index contributed by atoms with van der Waals surface area (Å²) in [5.74, 6) is 0.929. The number of ether oxygens (including phenoxy) is 1. The molecular weight excluding hydrogens is 252 g/mol. The summed E-state index contributed by atoms with van der Waals surface area (Å²) in [4.78, 5) is 11.5. The van der Waals surface area contributed by atoms with Gasteiger partial charge >= 0.3 is 0 Å². The van der Waals surface area contributed by atoms with Crippen LogP contribution in [0.3, 0.4) is 0 Å². The lowest BCUT2D eigenvalue weighted by Gasteiger charge is -2.14. The lowest BCUT2D eigenvalue weighted by atomic mass is 10.2. The molecule has 0 fully saturated rings. The first kappa shape index (κ1) is 13.6. The van der Waals surface area contributed by atoms with Gasteiger partial charge < -0.3 is 10.1 Å². The molecule has 0 radical (unpaired) electrons. The second-order valence-electron chi connectivity index (χ2n) is 4.25. The van der Waals surface area contributed by atoms with Crippen molar-refractivity contribution in [1.29, 1.82) is 5.26 Å². The summed E-state index contributed by atoms with van der Waals surface area (Å²) in [6.07, 6.45) is -0.182.